The minimum Gasteiger partial charge on any atom is -0.493 e. The van der Waals surface area contributed by atoms with E-state index in [4.69, 9.17) is 19.2 Å². The van der Waals surface area contributed by atoms with Crippen LogP contribution in [0.4, 0.5) is 5.82 Å². The molecule has 2 aliphatic heterocycles. The normalized spacial score (nSPS) is 18.5. The molecule has 0 radical (unpaired) electrons. The lowest BCUT2D eigenvalue weighted by Crippen LogP contribution is -2.40. The third-order valence-electron chi connectivity index (χ3n) is 6.10. The number of nitrogens with zero attached hydrogens (tertiary/aromatic N) is 2. The quantitative estimate of drug-likeness (QED) is 0.683. The van der Waals surface area contributed by atoms with Crippen LogP contribution in [0.5, 0.6) is 11.5 Å². The number of nitrogens with one attached hydrogen (secondary N) is 1. The lowest BCUT2D eigenvalue weighted by atomic mass is 10.0. The minimum absolute atomic E-state index is 0.242. The van der Waals surface area contributed by atoms with Gasteiger partial charge in [-0.1, -0.05) is 24.3 Å². The van der Waals surface area contributed by atoms with Gasteiger partial charge in [0.2, 0.25) is 0 Å². The van der Waals surface area contributed by atoms with Gasteiger partial charge in [-0.05, 0) is 42.7 Å². The summed E-state index contributed by atoms with van der Waals surface area (Å²) in [4.78, 5) is 7.41. The van der Waals surface area contributed by atoms with Crippen LogP contribution in [-0.4, -0.2) is 51.0 Å². The molecule has 1 aromatic heterocycles. The Morgan fingerprint density at radius 2 is 2.03 bits per heavy atom. The van der Waals surface area contributed by atoms with E-state index in [0.717, 1.165) is 62.1 Å². The van der Waals surface area contributed by atoms with Gasteiger partial charge in [-0.15, -0.1) is 0 Å². The van der Waals surface area contributed by atoms with Crippen molar-refractivity contribution in [2.75, 3.05) is 44.9 Å². The molecule has 2 aromatic carbocycles. The predicted molar refractivity (Wildman–Crippen MR) is 122 cm³/mol. The smallest absolute Gasteiger partial charge is 0.164 e. The SMILES string of the molecule is COc1cccc2c1OCC(NCc1cc3ccc(C)cc3nc1N1CCOCC1)C2. The second-order valence-electron chi connectivity index (χ2n) is 8.31. The number of ether oxygens (including phenoxy) is 3. The third kappa shape index (κ3) is 4.18. The molecule has 1 atom stereocenters. The summed E-state index contributed by atoms with van der Waals surface area (Å²) < 4.78 is 17.0. The fourth-order valence-corrected chi connectivity index (χ4v) is 4.43. The van der Waals surface area contributed by atoms with Crippen LogP contribution in [0.25, 0.3) is 10.9 Å². The highest BCUT2D eigenvalue weighted by molar-refractivity contribution is 5.82. The highest BCUT2D eigenvalue weighted by Gasteiger charge is 2.23. The summed E-state index contributed by atoms with van der Waals surface area (Å²) in [5, 5.41) is 4.88. The monoisotopic (exact) mass is 419 g/mol. The molecular weight excluding hydrogens is 390 g/mol. The predicted octanol–water partition coefficient (Wildman–Crippen LogP) is 3.48. The van der Waals surface area contributed by atoms with Gasteiger partial charge in [0.1, 0.15) is 12.4 Å². The fraction of sp³-hybridized carbons (Fsp3) is 0.400. The van der Waals surface area contributed by atoms with E-state index in [9.17, 15) is 0 Å². The van der Waals surface area contributed by atoms with Crippen LogP contribution in [0.2, 0.25) is 0 Å². The van der Waals surface area contributed by atoms with Gasteiger partial charge in [0.05, 0.1) is 25.8 Å². The average Bonchev–Trinajstić information content (AvgIpc) is 2.82. The first-order chi connectivity index (χ1) is 15.2. The van der Waals surface area contributed by atoms with Gasteiger partial charge < -0.3 is 24.4 Å². The molecule has 0 amide bonds. The maximum Gasteiger partial charge on any atom is 0.164 e. The summed E-state index contributed by atoms with van der Waals surface area (Å²) in [6.07, 6.45) is 0.916. The minimum atomic E-state index is 0.242. The Hall–Kier alpha value is -2.83. The number of morpholine rings is 1. The summed E-state index contributed by atoms with van der Waals surface area (Å²) in [6.45, 7) is 6.72. The first-order valence-corrected chi connectivity index (χ1v) is 11.0. The van der Waals surface area contributed by atoms with Crippen LogP contribution in [0.3, 0.4) is 0 Å². The molecule has 0 bridgehead atoms. The van der Waals surface area contributed by atoms with E-state index in [2.05, 4.69) is 47.5 Å². The number of aromatic nitrogens is 1. The average molecular weight is 420 g/mol. The number of para-hydroxylation sites is 1. The van der Waals surface area contributed by atoms with Gasteiger partial charge in [-0.3, -0.25) is 0 Å². The van der Waals surface area contributed by atoms with Crippen molar-refractivity contribution >= 4 is 16.7 Å². The number of rotatable bonds is 5. The number of anilines is 1. The largest absolute Gasteiger partial charge is 0.493 e. The second-order valence-corrected chi connectivity index (χ2v) is 8.31. The Balaban J connectivity index is 1.38. The molecule has 1 saturated heterocycles. The first kappa shape index (κ1) is 20.1. The zero-order valence-electron chi connectivity index (χ0n) is 18.2. The third-order valence-corrected chi connectivity index (χ3v) is 6.10. The molecule has 162 valence electrons. The van der Waals surface area contributed by atoms with Gasteiger partial charge >= 0.3 is 0 Å². The number of hydrogen-bond donors (Lipinski definition) is 1. The van der Waals surface area contributed by atoms with E-state index < -0.39 is 0 Å². The lowest BCUT2D eigenvalue weighted by molar-refractivity contribution is 0.122. The zero-order valence-corrected chi connectivity index (χ0v) is 18.2. The Bertz CT molecular complexity index is 1080. The summed E-state index contributed by atoms with van der Waals surface area (Å²) >= 11 is 0. The molecule has 1 unspecified atom stereocenters. The molecule has 6 heteroatoms. The molecule has 3 aromatic rings. The molecule has 3 heterocycles. The van der Waals surface area contributed by atoms with Gasteiger partial charge in [0.15, 0.2) is 11.5 Å². The molecule has 1 N–H and O–H groups in total. The van der Waals surface area contributed by atoms with Crippen LogP contribution in [-0.2, 0) is 17.7 Å². The van der Waals surface area contributed by atoms with Gasteiger partial charge in [0.25, 0.3) is 0 Å². The zero-order chi connectivity index (χ0) is 21.2. The maximum absolute atomic E-state index is 6.05. The van der Waals surface area contributed by atoms with Crippen molar-refractivity contribution in [3.8, 4) is 11.5 Å². The van der Waals surface area contributed by atoms with Crippen molar-refractivity contribution in [3.63, 3.8) is 0 Å². The van der Waals surface area contributed by atoms with Crippen molar-refractivity contribution < 1.29 is 14.2 Å². The Morgan fingerprint density at radius 1 is 1.16 bits per heavy atom. The molecule has 0 saturated carbocycles. The Morgan fingerprint density at radius 3 is 2.87 bits per heavy atom. The van der Waals surface area contributed by atoms with Crippen molar-refractivity contribution in [1.82, 2.24) is 10.3 Å². The van der Waals surface area contributed by atoms with Crippen LogP contribution < -0.4 is 19.7 Å². The molecule has 1 fully saturated rings. The van der Waals surface area contributed by atoms with Crippen molar-refractivity contribution in [2.24, 2.45) is 0 Å². The van der Waals surface area contributed by atoms with Crippen molar-refractivity contribution in [1.29, 1.82) is 0 Å². The van der Waals surface area contributed by atoms with E-state index in [1.54, 1.807) is 7.11 Å². The van der Waals surface area contributed by atoms with E-state index in [1.165, 1.54) is 22.1 Å². The standard InChI is InChI=1S/C25H29N3O3/c1-17-6-7-18-13-20(25(27-22(18)12-17)28-8-10-30-11-9-28)15-26-21-14-19-4-3-5-23(29-2)24(19)31-16-21/h3-7,12-13,21,26H,8-11,14-16H2,1-2H3. The number of aryl methyl sites for hydroxylation is 1. The topological polar surface area (TPSA) is 55.9 Å². The van der Waals surface area contributed by atoms with Crippen LogP contribution in [0.1, 0.15) is 16.7 Å². The van der Waals surface area contributed by atoms with Gasteiger partial charge in [-0.25, -0.2) is 4.98 Å². The Labute approximate surface area is 183 Å². The lowest BCUT2D eigenvalue weighted by Gasteiger charge is -2.31. The summed E-state index contributed by atoms with van der Waals surface area (Å²) in [5.74, 6) is 2.74. The number of pyridine rings is 1. The summed E-state index contributed by atoms with van der Waals surface area (Å²) in [5.41, 5.74) is 4.68. The highest BCUT2D eigenvalue weighted by Crippen LogP contribution is 2.34. The Kier molecular flexibility index (Phi) is 5.66. The van der Waals surface area contributed by atoms with Crippen LogP contribution in [0.15, 0.2) is 42.5 Å². The fourth-order valence-electron chi connectivity index (χ4n) is 4.43. The van der Waals surface area contributed by atoms with Crippen molar-refractivity contribution in [3.05, 3.63) is 59.2 Å². The number of fused-ring (bicyclic) bond motifs is 2. The highest BCUT2D eigenvalue weighted by atomic mass is 16.5. The molecular formula is C25H29N3O3. The summed E-state index contributed by atoms with van der Waals surface area (Å²) in [7, 11) is 1.69. The van der Waals surface area contributed by atoms with Gasteiger partial charge in [0, 0.05) is 36.6 Å². The van der Waals surface area contributed by atoms with Crippen molar-refractivity contribution in [2.45, 2.75) is 25.9 Å². The number of methoxy groups -OCH3 is 1. The molecule has 2 aliphatic rings. The van der Waals surface area contributed by atoms with E-state index in [-0.39, 0.29) is 6.04 Å². The van der Waals surface area contributed by atoms with Crippen LogP contribution >= 0.6 is 0 Å². The molecule has 0 spiro atoms. The van der Waals surface area contributed by atoms with E-state index >= 15 is 0 Å². The van der Waals surface area contributed by atoms with Gasteiger partial charge in [-0.2, -0.15) is 0 Å². The molecule has 0 aliphatic carbocycles. The molecule has 31 heavy (non-hydrogen) atoms. The molecule has 5 rings (SSSR count). The van der Waals surface area contributed by atoms with E-state index in [1.807, 2.05) is 12.1 Å². The molecule has 6 nitrogen and oxygen atoms in total. The first-order valence-electron chi connectivity index (χ1n) is 11.0. The second kappa shape index (κ2) is 8.73. The number of benzene rings is 2. The number of hydrogen-bond acceptors (Lipinski definition) is 6. The van der Waals surface area contributed by atoms with Crippen LogP contribution in [0, 0.1) is 6.92 Å². The summed E-state index contributed by atoms with van der Waals surface area (Å²) in [6, 6.07) is 15.1. The van der Waals surface area contributed by atoms with E-state index in [0.29, 0.717) is 6.61 Å². The maximum atomic E-state index is 6.05.